The molecule has 0 fully saturated rings. The van der Waals surface area contributed by atoms with Gasteiger partial charge in [-0.1, -0.05) is 38.1 Å². The Labute approximate surface area is 221 Å². The van der Waals surface area contributed by atoms with Crippen LogP contribution in [0, 0.1) is 16.7 Å². The van der Waals surface area contributed by atoms with Crippen LogP contribution in [-0.2, 0) is 17.6 Å². The zero-order valence-corrected chi connectivity index (χ0v) is 21.9. The van der Waals surface area contributed by atoms with Crippen molar-refractivity contribution in [2.45, 2.75) is 46.6 Å². The Hall–Kier alpha value is -4.39. The second-order valence-corrected chi connectivity index (χ2v) is 10.2. The van der Waals surface area contributed by atoms with Crippen molar-refractivity contribution in [3.8, 4) is 34.7 Å². The van der Waals surface area contributed by atoms with Crippen molar-refractivity contribution < 1.29 is 24.0 Å². The van der Waals surface area contributed by atoms with Crippen molar-refractivity contribution in [2.75, 3.05) is 19.7 Å². The van der Waals surface area contributed by atoms with Crippen LogP contribution in [0.5, 0.6) is 5.75 Å². The highest BCUT2D eigenvalue weighted by molar-refractivity contribution is 5.86. The number of rotatable bonds is 6. The summed E-state index contributed by atoms with van der Waals surface area (Å²) in [6, 6.07) is 12.4. The highest BCUT2D eigenvalue weighted by Crippen LogP contribution is 2.29. The summed E-state index contributed by atoms with van der Waals surface area (Å²) in [5, 5.41) is 25.2. The van der Waals surface area contributed by atoms with Crippen LogP contribution >= 0.6 is 0 Å². The van der Waals surface area contributed by atoms with Crippen molar-refractivity contribution in [1.82, 2.24) is 20.4 Å². The van der Waals surface area contributed by atoms with E-state index in [0.717, 1.165) is 16.7 Å². The first kappa shape index (κ1) is 26.7. The number of ether oxygens (including phenoxy) is 1. The molecule has 1 aliphatic rings. The number of amides is 2. The van der Waals surface area contributed by atoms with Gasteiger partial charge in [-0.3, -0.25) is 4.79 Å². The number of nitrogens with zero attached hydrogens (tertiary/aromatic N) is 4. The van der Waals surface area contributed by atoms with Gasteiger partial charge in [-0.15, -0.1) is 0 Å². The number of aromatic nitrogens is 2. The van der Waals surface area contributed by atoms with E-state index in [1.165, 1.54) is 0 Å². The van der Waals surface area contributed by atoms with Gasteiger partial charge in [0.05, 0.1) is 12.2 Å². The van der Waals surface area contributed by atoms with Crippen LogP contribution in [0.25, 0.3) is 22.8 Å². The molecule has 4 rings (SSSR count). The Kier molecular flexibility index (Phi) is 7.67. The average molecular weight is 518 g/mol. The predicted octanol–water partition coefficient (Wildman–Crippen LogP) is 4.28. The summed E-state index contributed by atoms with van der Waals surface area (Å²) in [6.45, 7) is 8.83. The van der Waals surface area contributed by atoms with Crippen molar-refractivity contribution in [2.24, 2.45) is 5.41 Å². The molecule has 10 nitrogen and oxygen atoms in total. The summed E-state index contributed by atoms with van der Waals surface area (Å²) in [5.41, 5.74) is 3.43. The largest absolute Gasteiger partial charge is 0.492 e. The number of carboxylic acid groups (broad SMARTS) is 1. The van der Waals surface area contributed by atoms with Crippen LogP contribution in [-0.4, -0.2) is 57.9 Å². The average Bonchev–Trinajstić information content (AvgIpc) is 3.27. The van der Waals surface area contributed by atoms with Gasteiger partial charge >= 0.3 is 6.09 Å². The van der Waals surface area contributed by atoms with Gasteiger partial charge in [0.15, 0.2) is 0 Å². The number of nitrogens with one attached hydrogen (secondary N) is 1. The monoisotopic (exact) mass is 517 g/mol. The van der Waals surface area contributed by atoms with Crippen molar-refractivity contribution in [3.63, 3.8) is 0 Å². The van der Waals surface area contributed by atoms with Crippen LogP contribution in [0.15, 0.2) is 40.9 Å². The standard InChI is InChI=1S/C28H31N5O5/c1-5-37-22-9-8-20(15-21(22)16-29)25-31-24(32-38-25)19-7-6-17-10-12-33(13-11-18(17)14-19)26(34)23(28(2,3)4)30-27(35)36/h6-9,14-15,23,30H,5,10-13H2,1-4H3,(H,35,36). The molecular formula is C28H31N5O5. The normalized spacial score (nSPS) is 14.1. The molecule has 1 unspecified atom stereocenters. The van der Waals surface area contributed by atoms with E-state index in [-0.39, 0.29) is 5.91 Å². The molecular weight excluding hydrogens is 486 g/mol. The fourth-order valence-corrected chi connectivity index (χ4v) is 4.53. The molecule has 0 radical (unpaired) electrons. The molecule has 2 heterocycles. The second-order valence-electron chi connectivity index (χ2n) is 10.2. The van der Waals surface area contributed by atoms with E-state index in [4.69, 9.17) is 9.26 Å². The first-order valence-corrected chi connectivity index (χ1v) is 12.5. The second kappa shape index (κ2) is 10.9. The van der Waals surface area contributed by atoms with Gasteiger partial charge in [0.25, 0.3) is 5.89 Å². The van der Waals surface area contributed by atoms with Crippen LogP contribution in [0.2, 0.25) is 0 Å². The van der Waals surface area contributed by atoms with E-state index in [2.05, 4.69) is 21.5 Å². The van der Waals surface area contributed by atoms with Crippen LogP contribution in [0.1, 0.15) is 44.4 Å². The van der Waals surface area contributed by atoms with Crippen LogP contribution in [0.4, 0.5) is 4.79 Å². The summed E-state index contributed by atoms with van der Waals surface area (Å²) in [5.74, 6) is 1.00. The number of benzene rings is 2. The Bertz CT molecular complexity index is 1390. The molecule has 198 valence electrons. The van der Waals surface area contributed by atoms with Crippen LogP contribution < -0.4 is 10.1 Å². The summed E-state index contributed by atoms with van der Waals surface area (Å²) in [7, 11) is 0. The highest BCUT2D eigenvalue weighted by Gasteiger charge is 2.36. The lowest BCUT2D eigenvalue weighted by Gasteiger charge is -2.33. The van der Waals surface area contributed by atoms with Gasteiger partial charge in [-0.2, -0.15) is 10.2 Å². The molecule has 2 aromatic carbocycles. The fourth-order valence-electron chi connectivity index (χ4n) is 4.53. The molecule has 0 saturated heterocycles. The van der Waals surface area contributed by atoms with Gasteiger partial charge < -0.3 is 24.6 Å². The zero-order chi connectivity index (χ0) is 27.4. The van der Waals surface area contributed by atoms with Gasteiger partial charge in [-0.05, 0) is 60.6 Å². The number of nitriles is 1. The zero-order valence-electron chi connectivity index (χ0n) is 21.9. The van der Waals surface area contributed by atoms with E-state index in [9.17, 15) is 20.0 Å². The molecule has 10 heteroatoms. The molecule has 0 spiro atoms. The van der Waals surface area contributed by atoms with E-state index < -0.39 is 17.6 Å². The lowest BCUT2D eigenvalue weighted by Crippen LogP contribution is -2.54. The number of hydrogen-bond donors (Lipinski definition) is 2. The molecule has 0 saturated carbocycles. The molecule has 1 aromatic heterocycles. The topological polar surface area (TPSA) is 142 Å². The molecule has 38 heavy (non-hydrogen) atoms. The third-order valence-corrected chi connectivity index (χ3v) is 6.53. The molecule has 0 bridgehead atoms. The molecule has 1 atom stereocenters. The number of carbonyl (C=O) groups is 2. The maximum absolute atomic E-state index is 13.3. The minimum atomic E-state index is -1.21. The Balaban J connectivity index is 1.52. The Morgan fingerprint density at radius 2 is 1.87 bits per heavy atom. The molecule has 2 N–H and O–H groups in total. The summed E-state index contributed by atoms with van der Waals surface area (Å²) in [4.78, 5) is 30.8. The Morgan fingerprint density at radius 3 is 2.53 bits per heavy atom. The third kappa shape index (κ3) is 5.78. The van der Waals surface area contributed by atoms with Crippen molar-refractivity contribution >= 4 is 12.0 Å². The van der Waals surface area contributed by atoms with E-state index in [0.29, 0.717) is 61.1 Å². The maximum atomic E-state index is 13.3. The smallest absolute Gasteiger partial charge is 0.405 e. The van der Waals surface area contributed by atoms with E-state index in [1.807, 2.05) is 45.9 Å². The third-order valence-electron chi connectivity index (χ3n) is 6.53. The number of carbonyl (C=O) groups excluding carboxylic acids is 1. The molecule has 0 aliphatic carbocycles. The van der Waals surface area contributed by atoms with Crippen molar-refractivity contribution in [3.05, 3.63) is 53.1 Å². The van der Waals surface area contributed by atoms with Gasteiger partial charge in [-0.25, -0.2) is 4.79 Å². The maximum Gasteiger partial charge on any atom is 0.405 e. The Morgan fingerprint density at radius 1 is 1.16 bits per heavy atom. The van der Waals surface area contributed by atoms with Gasteiger partial charge in [0.2, 0.25) is 11.7 Å². The van der Waals surface area contributed by atoms with Gasteiger partial charge in [0.1, 0.15) is 17.9 Å². The van der Waals surface area contributed by atoms with Crippen LogP contribution in [0.3, 0.4) is 0 Å². The molecule has 3 aromatic rings. The summed E-state index contributed by atoms with van der Waals surface area (Å²) < 4.78 is 11.0. The number of hydrogen-bond acceptors (Lipinski definition) is 7. The lowest BCUT2D eigenvalue weighted by molar-refractivity contribution is -0.135. The summed E-state index contributed by atoms with van der Waals surface area (Å²) in [6.07, 6.45) is 0.0643. The van der Waals surface area contributed by atoms with E-state index in [1.54, 1.807) is 23.1 Å². The minimum absolute atomic E-state index is 0.220. The molecule has 1 aliphatic heterocycles. The molecule has 2 amide bonds. The minimum Gasteiger partial charge on any atom is -0.492 e. The first-order valence-electron chi connectivity index (χ1n) is 12.5. The van der Waals surface area contributed by atoms with E-state index >= 15 is 0 Å². The van der Waals surface area contributed by atoms with Crippen molar-refractivity contribution in [1.29, 1.82) is 5.26 Å². The number of fused-ring (bicyclic) bond motifs is 1. The fraction of sp³-hybridized carbons (Fsp3) is 0.393. The lowest BCUT2D eigenvalue weighted by atomic mass is 9.86. The first-order chi connectivity index (χ1) is 18.1. The quantitative estimate of drug-likeness (QED) is 0.493. The summed E-state index contributed by atoms with van der Waals surface area (Å²) >= 11 is 0. The SMILES string of the molecule is CCOc1ccc(-c2nc(-c3ccc4c(c3)CCN(C(=O)C(NC(=O)O)C(C)(C)C)CC4)no2)cc1C#N. The predicted molar refractivity (Wildman–Crippen MR) is 139 cm³/mol. The highest BCUT2D eigenvalue weighted by atomic mass is 16.5. The van der Waals surface area contributed by atoms with Gasteiger partial charge in [0, 0.05) is 24.2 Å².